The van der Waals surface area contributed by atoms with Gasteiger partial charge >= 0.3 is 0 Å². The Balaban J connectivity index is 1.79. The van der Waals surface area contributed by atoms with Crippen molar-refractivity contribution >= 4 is 22.0 Å². The quantitative estimate of drug-likeness (QED) is 0.911. The van der Waals surface area contributed by atoms with E-state index in [9.17, 15) is 0 Å². The van der Waals surface area contributed by atoms with Gasteiger partial charge in [-0.15, -0.1) is 0 Å². The van der Waals surface area contributed by atoms with E-state index in [1.807, 2.05) is 18.2 Å². The van der Waals surface area contributed by atoms with E-state index in [1.54, 1.807) is 0 Å². The highest BCUT2D eigenvalue weighted by Crippen LogP contribution is 2.14. The molecule has 2 rings (SSSR count). The Labute approximate surface area is 98.3 Å². The molecule has 1 aliphatic heterocycles. The van der Waals surface area contributed by atoms with Crippen LogP contribution in [0.25, 0.3) is 6.08 Å². The van der Waals surface area contributed by atoms with Crippen molar-refractivity contribution in [1.29, 1.82) is 0 Å². The maximum absolute atomic E-state index is 5.37. The van der Waals surface area contributed by atoms with Gasteiger partial charge in [0.25, 0.3) is 0 Å². The lowest BCUT2D eigenvalue weighted by Crippen LogP contribution is -2.43. The fourth-order valence-electron chi connectivity index (χ4n) is 1.63. The second-order valence-corrected chi connectivity index (χ2v) is 4.38. The zero-order valence-electron chi connectivity index (χ0n) is 8.58. The molecule has 0 aliphatic carbocycles. The number of nitrogens with zero attached hydrogens (tertiary/aromatic N) is 1. The smallest absolute Gasteiger partial charge is 0.169 e. The molecule has 2 heterocycles. The van der Waals surface area contributed by atoms with Crippen molar-refractivity contribution in [2.45, 2.75) is 0 Å². The third-order valence-electron chi connectivity index (χ3n) is 2.45. The second kappa shape index (κ2) is 5.49. The Bertz CT molecular complexity index is 329. The molecule has 1 saturated heterocycles. The molecule has 4 heteroatoms. The lowest BCUT2D eigenvalue weighted by Gasteiger charge is -2.25. The fraction of sp³-hybridized carbons (Fsp3) is 0.455. The van der Waals surface area contributed by atoms with Crippen LogP contribution >= 0.6 is 15.9 Å². The van der Waals surface area contributed by atoms with Gasteiger partial charge in [0.1, 0.15) is 5.76 Å². The lowest BCUT2D eigenvalue weighted by atomic mass is 10.3. The number of nitrogens with one attached hydrogen (secondary N) is 1. The largest absolute Gasteiger partial charge is 0.450 e. The molecule has 0 aromatic carbocycles. The average Bonchev–Trinajstić information content (AvgIpc) is 2.66. The van der Waals surface area contributed by atoms with Gasteiger partial charge in [-0.2, -0.15) is 0 Å². The van der Waals surface area contributed by atoms with Gasteiger partial charge in [-0.3, -0.25) is 4.90 Å². The molecule has 1 fully saturated rings. The Kier molecular flexibility index (Phi) is 4.00. The molecule has 0 atom stereocenters. The first kappa shape index (κ1) is 10.9. The summed E-state index contributed by atoms with van der Waals surface area (Å²) in [6.07, 6.45) is 4.17. The molecule has 0 unspecified atom stereocenters. The Hall–Kier alpha value is -0.580. The maximum atomic E-state index is 5.37. The van der Waals surface area contributed by atoms with E-state index in [1.165, 1.54) is 0 Å². The molecule has 1 aliphatic rings. The van der Waals surface area contributed by atoms with Gasteiger partial charge in [0.05, 0.1) is 0 Å². The van der Waals surface area contributed by atoms with E-state index in [0.717, 1.165) is 43.2 Å². The van der Waals surface area contributed by atoms with Gasteiger partial charge in [-0.25, -0.2) is 0 Å². The van der Waals surface area contributed by atoms with Crippen molar-refractivity contribution in [1.82, 2.24) is 10.2 Å². The van der Waals surface area contributed by atoms with Crippen molar-refractivity contribution in [3.8, 4) is 0 Å². The Morgan fingerprint density at radius 3 is 2.87 bits per heavy atom. The summed E-state index contributed by atoms with van der Waals surface area (Å²) in [4.78, 5) is 2.42. The van der Waals surface area contributed by atoms with Gasteiger partial charge in [0, 0.05) is 32.7 Å². The van der Waals surface area contributed by atoms with Crippen LogP contribution in [0.1, 0.15) is 5.76 Å². The number of furan rings is 1. The standard InChI is InChI=1S/C11H15BrN2O/c12-11-4-3-10(15-11)2-1-7-14-8-5-13-6-9-14/h1-4,13H,5-9H2/b2-1-. The molecule has 0 radical (unpaired) electrons. The lowest BCUT2D eigenvalue weighted by molar-refractivity contribution is 0.265. The summed E-state index contributed by atoms with van der Waals surface area (Å²) in [6, 6.07) is 3.86. The number of piperazine rings is 1. The highest BCUT2D eigenvalue weighted by atomic mass is 79.9. The highest BCUT2D eigenvalue weighted by molar-refractivity contribution is 9.10. The summed E-state index contributed by atoms with van der Waals surface area (Å²) in [7, 11) is 0. The first-order chi connectivity index (χ1) is 7.34. The SMILES string of the molecule is Brc1ccc(/C=C\CN2CCNCC2)o1. The molecule has 0 amide bonds. The van der Waals surface area contributed by atoms with Crippen LogP contribution in [-0.4, -0.2) is 37.6 Å². The molecule has 1 aromatic rings. The van der Waals surface area contributed by atoms with Crippen LogP contribution in [0.3, 0.4) is 0 Å². The van der Waals surface area contributed by atoms with E-state index in [0.29, 0.717) is 0 Å². The third kappa shape index (κ3) is 3.48. The molecular formula is C11H15BrN2O. The van der Waals surface area contributed by atoms with Crippen LogP contribution in [0.4, 0.5) is 0 Å². The minimum Gasteiger partial charge on any atom is -0.450 e. The van der Waals surface area contributed by atoms with Gasteiger partial charge in [0.2, 0.25) is 0 Å². The van der Waals surface area contributed by atoms with Crippen molar-refractivity contribution in [2.75, 3.05) is 32.7 Å². The maximum Gasteiger partial charge on any atom is 0.169 e. The van der Waals surface area contributed by atoms with Crippen LogP contribution in [0.5, 0.6) is 0 Å². The average molecular weight is 271 g/mol. The summed E-state index contributed by atoms with van der Waals surface area (Å²) in [5, 5.41) is 3.34. The minimum atomic E-state index is 0.782. The highest BCUT2D eigenvalue weighted by Gasteiger charge is 2.06. The monoisotopic (exact) mass is 270 g/mol. The molecule has 0 spiro atoms. The zero-order chi connectivity index (χ0) is 10.5. The van der Waals surface area contributed by atoms with Crippen LogP contribution in [0.15, 0.2) is 27.3 Å². The fourth-order valence-corrected chi connectivity index (χ4v) is 1.95. The van der Waals surface area contributed by atoms with Crippen LogP contribution < -0.4 is 5.32 Å². The molecular weight excluding hydrogens is 256 g/mol. The number of hydrogen-bond donors (Lipinski definition) is 1. The topological polar surface area (TPSA) is 28.4 Å². The van der Waals surface area contributed by atoms with Crippen molar-refractivity contribution in [3.63, 3.8) is 0 Å². The summed E-state index contributed by atoms with van der Waals surface area (Å²) in [6.45, 7) is 5.46. The van der Waals surface area contributed by atoms with Crippen molar-refractivity contribution in [3.05, 3.63) is 28.6 Å². The van der Waals surface area contributed by atoms with Crippen molar-refractivity contribution < 1.29 is 4.42 Å². The number of rotatable bonds is 3. The van der Waals surface area contributed by atoms with Crippen molar-refractivity contribution in [2.24, 2.45) is 0 Å². The predicted molar refractivity (Wildman–Crippen MR) is 64.8 cm³/mol. The molecule has 1 aromatic heterocycles. The van der Waals surface area contributed by atoms with Crippen LogP contribution in [-0.2, 0) is 0 Å². The zero-order valence-corrected chi connectivity index (χ0v) is 10.2. The Morgan fingerprint density at radius 2 is 2.20 bits per heavy atom. The van der Waals surface area contributed by atoms with Gasteiger partial charge in [-0.1, -0.05) is 6.08 Å². The molecule has 1 N–H and O–H groups in total. The van der Waals surface area contributed by atoms with E-state index in [2.05, 4.69) is 32.2 Å². The minimum absolute atomic E-state index is 0.782. The molecule has 15 heavy (non-hydrogen) atoms. The van der Waals surface area contributed by atoms with Gasteiger partial charge in [-0.05, 0) is 34.1 Å². The Morgan fingerprint density at radius 1 is 1.40 bits per heavy atom. The molecule has 3 nitrogen and oxygen atoms in total. The summed E-state index contributed by atoms with van der Waals surface area (Å²) in [5.74, 6) is 0.900. The van der Waals surface area contributed by atoms with Crippen LogP contribution in [0.2, 0.25) is 0 Å². The van der Waals surface area contributed by atoms with Crippen LogP contribution in [0, 0.1) is 0 Å². The molecule has 0 bridgehead atoms. The van der Waals surface area contributed by atoms with E-state index < -0.39 is 0 Å². The number of halogens is 1. The first-order valence-electron chi connectivity index (χ1n) is 5.19. The van der Waals surface area contributed by atoms with Gasteiger partial charge < -0.3 is 9.73 Å². The number of hydrogen-bond acceptors (Lipinski definition) is 3. The summed E-state index contributed by atoms with van der Waals surface area (Å²) < 4.78 is 6.15. The molecule has 0 saturated carbocycles. The van der Waals surface area contributed by atoms with E-state index in [-0.39, 0.29) is 0 Å². The molecule has 82 valence electrons. The summed E-state index contributed by atoms with van der Waals surface area (Å²) >= 11 is 3.28. The summed E-state index contributed by atoms with van der Waals surface area (Å²) in [5.41, 5.74) is 0. The predicted octanol–water partition coefficient (Wildman–Crippen LogP) is 1.96. The third-order valence-corrected chi connectivity index (χ3v) is 2.88. The normalized spacial score (nSPS) is 18.7. The van der Waals surface area contributed by atoms with E-state index in [4.69, 9.17) is 4.42 Å². The second-order valence-electron chi connectivity index (χ2n) is 3.59. The first-order valence-corrected chi connectivity index (χ1v) is 5.99. The van der Waals surface area contributed by atoms with E-state index >= 15 is 0 Å². The van der Waals surface area contributed by atoms with Gasteiger partial charge in [0.15, 0.2) is 4.67 Å².